The van der Waals surface area contributed by atoms with Crippen LogP contribution in [-0.2, 0) is 4.74 Å². The Morgan fingerprint density at radius 1 is 1.39 bits per heavy atom. The van der Waals surface area contributed by atoms with Crippen LogP contribution in [0.4, 0.5) is 5.82 Å². The van der Waals surface area contributed by atoms with E-state index in [1.807, 2.05) is 27.8 Å². The van der Waals surface area contributed by atoms with Gasteiger partial charge in [-0.2, -0.15) is 0 Å². The normalized spacial score (nSPS) is 14.8. The smallest absolute Gasteiger partial charge is 0.167 e. The van der Waals surface area contributed by atoms with Crippen molar-refractivity contribution >= 4 is 17.0 Å². The lowest BCUT2D eigenvalue weighted by Gasteiger charge is -2.27. The van der Waals surface area contributed by atoms with E-state index in [0.717, 1.165) is 12.2 Å². The summed E-state index contributed by atoms with van der Waals surface area (Å²) in [6.07, 6.45) is 4.03. The van der Waals surface area contributed by atoms with E-state index < -0.39 is 12.3 Å². The monoisotopic (exact) mass is 395 g/mol. The lowest BCUT2D eigenvalue weighted by molar-refractivity contribution is -0.0524. The second-order valence-corrected chi connectivity index (χ2v) is 6.32. The van der Waals surface area contributed by atoms with Crippen molar-refractivity contribution in [2.45, 2.75) is 39.5 Å². The number of hydrogen-bond donors (Lipinski definition) is 5. The van der Waals surface area contributed by atoms with E-state index in [9.17, 15) is 5.11 Å². The number of nitrogens with zero attached hydrogens (tertiary/aromatic N) is 4. The minimum Gasteiger partial charge on any atom is -0.401 e. The van der Waals surface area contributed by atoms with Crippen LogP contribution < -0.4 is 16.4 Å². The first kappa shape index (κ1) is 23.6. The van der Waals surface area contributed by atoms with Gasteiger partial charge < -0.3 is 31.3 Å². The molecule has 0 saturated carbocycles. The standard InChI is InChI=1S/C14H23N5O3.C4H10N2/c1-4-15-12-11-13(17-7-16-12)19(8-18-11)14(22-3)9(2)10(21)5-6-20;1-4(5)3-6-2/h7-10,14,20-21H,4-6H2,1-3H3,(H,15,16,17);3,6H,5H2,1-2H3/b;4-3-/t9?,10-,14?;/m1./s1. The van der Waals surface area contributed by atoms with Gasteiger partial charge in [-0.1, -0.05) is 6.92 Å². The number of aromatic nitrogens is 4. The minimum atomic E-state index is -0.678. The van der Waals surface area contributed by atoms with E-state index in [1.165, 1.54) is 6.33 Å². The van der Waals surface area contributed by atoms with Crippen LogP contribution in [0.1, 0.15) is 33.4 Å². The van der Waals surface area contributed by atoms with E-state index in [-0.39, 0.29) is 12.5 Å². The summed E-state index contributed by atoms with van der Waals surface area (Å²) >= 11 is 0. The van der Waals surface area contributed by atoms with Gasteiger partial charge in [-0.3, -0.25) is 4.57 Å². The molecule has 0 aliphatic rings. The van der Waals surface area contributed by atoms with E-state index in [2.05, 4.69) is 25.6 Å². The van der Waals surface area contributed by atoms with Gasteiger partial charge >= 0.3 is 0 Å². The molecule has 0 spiro atoms. The third-order valence-corrected chi connectivity index (χ3v) is 4.07. The highest BCUT2D eigenvalue weighted by atomic mass is 16.5. The van der Waals surface area contributed by atoms with Crippen LogP contribution in [-0.4, -0.2) is 63.1 Å². The Kier molecular flexibility index (Phi) is 10.2. The van der Waals surface area contributed by atoms with Gasteiger partial charge in [0.25, 0.3) is 0 Å². The number of fused-ring (bicyclic) bond motifs is 1. The Labute approximate surface area is 165 Å². The highest BCUT2D eigenvalue weighted by molar-refractivity contribution is 5.82. The molecule has 158 valence electrons. The molecule has 0 aliphatic heterocycles. The average molecular weight is 396 g/mol. The Morgan fingerprint density at radius 3 is 2.61 bits per heavy atom. The average Bonchev–Trinajstić information content (AvgIpc) is 3.08. The van der Waals surface area contributed by atoms with Gasteiger partial charge in [0.2, 0.25) is 0 Å². The minimum absolute atomic E-state index is 0.0701. The molecule has 28 heavy (non-hydrogen) atoms. The highest BCUT2D eigenvalue weighted by Crippen LogP contribution is 2.28. The van der Waals surface area contributed by atoms with Crippen molar-refractivity contribution in [1.29, 1.82) is 0 Å². The van der Waals surface area contributed by atoms with Crippen molar-refractivity contribution < 1.29 is 14.9 Å². The van der Waals surface area contributed by atoms with Crippen LogP contribution in [0.3, 0.4) is 0 Å². The second-order valence-electron chi connectivity index (χ2n) is 6.32. The third-order valence-electron chi connectivity index (χ3n) is 4.07. The first-order valence-electron chi connectivity index (χ1n) is 9.23. The molecule has 0 radical (unpaired) electrons. The van der Waals surface area contributed by atoms with Crippen molar-refractivity contribution in [2.75, 3.05) is 32.6 Å². The molecule has 3 atom stereocenters. The molecule has 0 bridgehead atoms. The molecule has 2 heterocycles. The maximum absolute atomic E-state index is 10.1. The fourth-order valence-electron chi connectivity index (χ4n) is 2.73. The number of rotatable bonds is 9. The van der Waals surface area contributed by atoms with Gasteiger partial charge in [-0.05, 0) is 20.3 Å². The van der Waals surface area contributed by atoms with Crippen molar-refractivity contribution in [2.24, 2.45) is 11.7 Å². The summed E-state index contributed by atoms with van der Waals surface area (Å²) in [6, 6.07) is 0. The molecule has 0 fully saturated rings. The second kappa shape index (κ2) is 12.1. The summed E-state index contributed by atoms with van der Waals surface area (Å²) in [6.45, 7) is 6.34. The topological polar surface area (TPSA) is 143 Å². The quantitative estimate of drug-likeness (QED) is 0.416. The molecule has 6 N–H and O–H groups in total. The molecular formula is C18H33N7O3. The van der Waals surface area contributed by atoms with Gasteiger partial charge in [0.05, 0.1) is 12.4 Å². The van der Waals surface area contributed by atoms with Gasteiger partial charge in [0.1, 0.15) is 12.6 Å². The van der Waals surface area contributed by atoms with Crippen LogP contribution in [0.2, 0.25) is 0 Å². The largest absolute Gasteiger partial charge is 0.401 e. The number of anilines is 1. The zero-order valence-corrected chi connectivity index (χ0v) is 17.3. The van der Waals surface area contributed by atoms with Crippen molar-refractivity contribution in [1.82, 2.24) is 24.8 Å². The highest BCUT2D eigenvalue weighted by Gasteiger charge is 2.27. The van der Waals surface area contributed by atoms with E-state index in [1.54, 1.807) is 24.2 Å². The Bertz CT molecular complexity index is 731. The fourth-order valence-corrected chi connectivity index (χ4v) is 2.73. The number of nitrogens with one attached hydrogen (secondary N) is 2. The number of hydrogen-bond acceptors (Lipinski definition) is 9. The van der Waals surface area contributed by atoms with Crippen molar-refractivity contribution in [3.8, 4) is 0 Å². The zero-order valence-electron chi connectivity index (χ0n) is 17.3. The Morgan fingerprint density at radius 2 is 2.11 bits per heavy atom. The van der Waals surface area contributed by atoms with Gasteiger partial charge in [-0.25, -0.2) is 15.0 Å². The molecule has 0 aliphatic carbocycles. The predicted octanol–water partition coefficient (Wildman–Crippen LogP) is 0.808. The third kappa shape index (κ3) is 6.32. The van der Waals surface area contributed by atoms with Gasteiger partial charge in [-0.15, -0.1) is 0 Å². The molecule has 10 nitrogen and oxygen atoms in total. The first-order valence-corrected chi connectivity index (χ1v) is 9.23. The summed E-state index contributed by atoms with van der Waals surface area (Å²) in [4.78, 5) is 12.8. The maximum Gasteiger partial charge on any atom is 0.167 e. The summed E-state index contributed by atoms with van der Waals surface area (Å²) < 4.78 is 7.31. The lowest BCUT2D eigenvalue weighted by Crippen LogP contribution is -2.29. The van der Waals surface area contributed by atoms with Crippen molar-refractivity contribution in [3.05, 3.63) is 24.6 Å². The van der Waals surface area contributed by atoms with Crippen LogP contribution in [0.25, 0.3) is 11.2 Å². The molecule has 0 saturated heterocycles. The number of methoxy groups -OCH3 is 1. The molecule has 2 aromatic rings. The number of allylic oxidation sites excluding steroid dienone is 1. The molecule has 2 unspecified atom stereocenters. The molecule has 0 amide bonds. The van der Waals surface area contributed by atoms with Crippen LogP contribution in [0.5, 0.6) is 0 Å². The predicted molar refractivity (Wildman–Crippen MR) is 109 cm³/mol. The van der Waals surface area contributed by atoms with E-state index >= 15 is 0 Å². The molecule has 10 heteroatoms. The Hall–Kier alpha value is -2.43. The molecular weight excluding hydrogens is 362 g/mol. The van der Waals surface area contributed by atoms with Crippen LogP contribution in [0.15, 0.2) is 24.6 Å². The van der Waals surface area contributed by atoms with Crippen LogP contribution >= 0.6 is 0 Å². The van der Waals surface area contributed by atoms with E-state index in [0.29, 0.717) is 23.4 Å². The first-order chi connectivity index (χ1) is 13.4. The summed E-state index contributed by atoms with van der Waals surface area (Å²) in [5.41, 5.74) is 7.31. The van der Waals surface area contributed by atoms with Crippen molar-refractivity contribution in [3.63, 3.8) is 0 Å². The lowest BCUT2D eigenvalue weighted by atomic mass is 10.00. The van der Waals surface area contributed by atoms with Crippen LogP contribution in [0, 0.1) is 5.92 Å². The number of imidazole rings is 1. The zero-order chi connectivity index (χ0) is 21.1. The van der Waals surface area contributed by atoms with Gasteiger partial charge in [0.15, 0.2) is 17.0 Å². The molecule has 2 rings (SSSR count). The fraction of sp³-hybridized carbons (Fsp3) is 0.611. The summed E-state index contributed by atoms with van der Waals surface area (Å²) in [7, 11) is 3.39. The van der Waals surface area contributed by atoms with Gasteiger partial charge in [0, 0.05) is 45.1 Å². The number of aliphatic hydroxyl groups excluding tert-OH is 2. The maximum atomic E-state index is 10.1. The molecule has 2 aromatic heterocycles. The van der Waals surface area contributed by atoms with E-state index in [4.69, 9.17) is 15.6 Å². The molecule has 0 aromatic carbocycles. The Balaban J connectivity index is 0.000000568. The SMILES string of the molecule is CCNc1ncnc2c1ncn2C(OC)C(C)[C@H](O)CCO.CN/C=C(/C)N. The number of aliphatic hydroxyl groups is 2. The number of ether oxygens (including phenoxy) is 1. The number of nitrogens with two attached hydrogens (primary N) is 1. The summed E-state index contributed by atoms with van der Waals surface area (Å²) in [5, 5.41) is 25.0. The summed E-state index contributed by atoms with van der Waals surface area (Å²) in [5.74, 6) is 0.441.